The molecular weight excluding hydrogens is 538 g/mol. The molecule has 0 radical (unpaired) electrons. The number of hydrogen-bond donors (Lipinski definition) is 1. The van der Waals surface area contributed by atoms with Gasteiger partial charge < -0.3 is 15.0 Å². The second-order valence-electron chi connectivity index (χ2n) is 9.46. The number of carbonyl (C=O) groups excluding carboxylic acids is 2. The molecule has 2 amide bonds. The van der Waals surface area contributed by atoms with Crippen LogP contribution in [0.15, 0.2) is 77.7 Å². The van der Waals surface area contributed by atoms with E-state index in [1.165, 1.54) is 29.2 Å². The summed E-state index contributed by atoms with van der Waals surface area (Å²) in [5.74, 6) is -0.213. The zero-order valence-electron chi connectivity index (χ0n) is 22.7. The molecule has 3 aromatic carbocycles. The first kappa shape index (κ1) is 30.0. The molecule has 0 aliphatic rings. The van der Waals surface area contributed by atoms with Gasteiger partial charge in [-0.2, -0.15) is 0 Å². The summed E-state index contributed by atoms with van der Waals surface area (Å²) in [6.07, 6.45) is 0. The van der Waals surface area contributed by atoms with E-state index in [9.17, 15) is 18.0 Å². The van der Waals surface area contributed by atoms with Crippen LogP contribution in [-0.2, 0) is 26.2 Å². The fourth-order valence-corrected chi connectivity index (χ4v) is 5.61. The summed E-state index contributed by atoms with van der Waals surface area (Å²) >= 11 is 5.99. The molecule has 1 atom stereocenters. The van der Waals surface area contributed by atoms with Crippen LogP contribution in [0.3, 0.4) is 0 Å². The molecule has 0 bridgehead atoms. The van der Waals surface area contributed by atoms with Crippen molar-refractivity contribution in [2.24, 2.45) is 0 Å². The van der Waals surface area contributed by atoms with E-state index in [0.717, 1.165) is 9.87 Å². The fraction of sp³-hybridized carbons (Fsp3) is 0.310. The van der Waals surface area contributed by atoms with Crippen LogP contribution in [-0.4, -0.2) is 50.9 Å². The standard InChI is InChI=1S/C29H34ClN3O5S/c1-20(2)31-29(35)22(4)32(18-23-10-14-25(38-5)15-11-23)28(34)19-33(27-9-7-6-8-21(27)3)39(36,37)26-16-12-24(30)13-17-26/h6-17,20,22H,18-19H2,1-5H3,(H,31,35)/t22-/m1/s1. The highest BCUT2D eigenvalue weighted by molar-refractivity contribution is 7.92. The molecule has 0 spiro atoms. The summed E-state index contributed by atoms with van der Waals surface area (Å²) in [6, 6.07) is 18.9. The number of nitrogens with one attached hydrogen (secondary N) is 1. The predicted octanol–water partition coefficient (Wildman–Crippen LogP) is 4.79. The van der Waals surface area contributed by atoms with Gasteiger partial charge >= 0.3 is 0 Å². The van der Waals surface area contributed by atoms with Gasteiger partial charge in [-0.3, -0.25) is 13.9 Å². The molecule has 0 aliphatic heterocycles. The van der Waals surface area contributed by atoms with Crippen LogP contribution in [0.5, 0.6) is 5.75 Å². The summed E-state index contributed by atoms with van der Waals surface area (Å²) < 4.78 is 34.0. The zero-order valence-corrected chi connectivity index (χ0v) is 24.3. The number of carbonyl (C=O) groups is 2. The third kappa shape index (κ3) is 7.52. The van der Waals surface area contributed by atoms with E-state index in [1.54, 1.807) is 69.5 Å². The first-order valence-corrected chi connectivity index (χ1v) is 14.3. The molecule has 1 N–H and O–H groups in total. The number of aryl methyl sites for hydroxylation is 1. The van der Waals surface area contributed by atoms with E-state index >= 15 is 0 Å². The Bertz CT molecular complexity index is 1390. The van der Waals surface area contributed by atoms with Gasteiger partial charge in [0.2, 0.25) is 11.8 Å². The average molecular weight is 572 g/mol. The molecule has 0 saturated heterocycles. The van der Waals surface area contributed by atoms with Gasteiger partial charge in [-0.15, -0.1) is 0 Å². The van der Waals surface area contributed by atoms with Crippen LogP contribution in [0, 0.1) is 6.92 Å². The summed E-state index contributed by atoms with van der Waals surface area (Å²) in [5.41, 5.74) is 1.80. The minimum Gasteiger partial charge on any atom is -0.497 e. The van der Waals surface area contributed by atoms with Crippen LogP contribution >= 0.6 is 11.6 Å². The minimum atomic E-state index is -4.16. The number of nitrogens with zero attached hydrogens (tertiary/aromatic N) is 2. The molecule has 208 valence electrons. The van der Waals surface area contributed by atoms with Crippen molar-refractivity contribution < 1.29 is 22.7 Å². The van der Waals surface area contributed by atoms with Crippen LogP contribution < -0.4 is 14.4 Å². The molecule has 8 nitrogen and oxygen atoms in total. The monoisotopic (exact) mass is 571 g/mol. The van der Waals surface area contributed by atoms with Crippen molar-refractivity contribution in [1.29, 1.82) is 0 Å². The van der Waals surface area contributed by atoms with Gasteiger partial charge in [0.05, 0.1) is 17.7 Å². The van der Waals surface area contributed by atoms with Gasteiger partial charge in [0.25, 0.3) is 10.0 Å². The number of anilines is 1. The first-order valence-electron chi connectivity index (χ1n) is 12.5. The number of hydrogen-bond acceptors (Lipinski definition) is 5. The SMILES string of the molecule is COc1ccc(CN(C(=O)CN(c2ccccc2C)S(=O)(=O)c2ccc(Cl)cc2)[C@H](C)C(=O)NC(C)C)cc1. The van der Waals surface area contributed by atoms with E-state index in [-0.39, 0.29) is 23.4 Å². The number of rotatable bonds is 11. The molecule has 10 heteroatoms. The number of benzene rings is 3. The van der Waals surface area contributed by atoms with Gasteiger partial charge in [0.15, 0.2) is 0 Å². The van der Waals surface area contributed by atoms with Gasteiger partial charge in [-0.1, -0.05) is 41.9 Å². The Morgan fingerprint density at radius 3 is 2.13 bits per heavy atom. The third-order valence-electron chi connectivity index (χ3n) is 6.17. The zero-order chi connectivity index (χ0) is 28.7. The van der Waals surface area contributed by atoms with Crippen molar-refractivity contribution in [3.05, 3.63) is 88.9 Å². The lowest BCUT2D eigenvalue weighted by Crippen LogP contribution is -2.52. The van der Waals surface area contributed by atoms with Crippen LogP contribution in [0.1, 0.15) is 31.9 Å². The molecule has 39 heavy (non-hydrogen) atoms. The molecule has 0 aromatic heterocycles. The minimum absolute atomic E-state index is 0.00439. The highest BCUT2D eigenvalue weighted by Crippen LogP contribution is 2.28. The van der Waals surface area contributed by atoms with Crippen molar-refractivity contribution in [3.8, 4) is 5.75 Å². The summed E-state index contributed by atoms with van der Waals surface area (Å²) in [6.45, 7) is 6.66. The molecular formula is C29H34ClN3O5S. The largest absolute Gasteiger partial charge is 0.497 e. The first-order chi connectivity index (χ1) is 18.4. The maximum Gasteiger partial charge on any atom is 0.264 e. The maximum absolute atomic E-state index is 13.9. The molecule has 0 unspecified atom stereocenters. The van der Waals surface area contributed by atoms with Crippen molar-refractivity contribution in [1.82, 2.24) is 10.2 Å². The second-order valence-corrected chi connectivity index (χ2v) is 11.8. The molecule has 0 saturated carbocycles. The lowest BCUT2D eigenvalue weighted by molar-refractivity contribution is -0.139. The highest BCUT2D eigenvalue weighted by atomic mass is 35.5. The Balaban J connectivity index is 2.03. The highest BCUT2D eigenvalue weighted by Gasteiger charge is 2.33. The number of para-hydroxylation sites is 1. The molecule has 0 heterocycles. The fourth-order valence-electron chi connectivity index (χ4n) is 4.01. The number of sulfonamides is 1. The van der Waals surface area contributed by atoms with Gasteiger partial charge in [0.1, 0.15) is 18.3 Å². The average Bonchev–Trinajstić information content (AvgIpc) is 2.90. The topological polar surface area (TPSA) is 96.0 Å². The molecule has 3 aromatic rings. The summed E-state index contributed by atoms with van der Waals surface area (Å²) in [5, 5.41) is 3.23. The van der Waals surface area contributed by atoms with E-state index in [2.05, 4.69) is 5.32 Å². The quantitative estimate of drug-likeness (QED) is 0.357. The predicted molar refractivity (Wildman–Crippen MR) is 153 cm³/mol. The molecule has 3 rings (SSSR count). The van der Waals surface area contributed by atoms with E-state index in [1.807, 2.05) is 13.8 Å². The number of halogens is 1. The third-order valence-corrected chi connectivity index (χ3v) is 8.20. The molecule has 0 aliphatic carbocycles. The van der Waals surface area contributed by atoms with E-state index in [4.69, 9.17) is 16.3 Å². The smallest absolute Gasteiger partial charge is 0.264 e. The second kappa shape index (κ2) is 13.0. The Labute approximate surface area is 235 Å². The van der Waals surface area contributed by atoms with Crippen molar-refractivity contribution in [2.75, 3.05) is 18.0 Å². The van der Waals surface area contributed by atoms with Gasteiger partial charge in [0, 0.05) is 17.6 Å². The lowest BCUT2D eigenvalue weighted by atomic mass is 10.1. The van der Waals surface area contributed by atoms with Crippen molar-refractivity contribution in [3.63, 3.8) is 0 Å². The van der Waals surface area contributed by atoms with E-state index < -0.39 is 28.5 Å². The Morgan fingerprint density at radius 2 is 1.56 bits per heavy atom. The van der Waals surface area contributed by atoms with Crippen molar-refractivity contribution >= 4 is 39.1 Å². The Morgan fingerprint density at radius 1 is 0.949 bits per heavy atom. The van der Waals surface area contributed by atoms with Gasteiger partial charge in [-0.05, 0) is 81.3 Å². The van der Waals surface area contributed by atoms with Crippen LogP contribution in [0.2, 0.25) is 5.02 Å². The lowest BCUT2D eigenvalue weighted by Gasteiger charge is -2.32. The Hall–Kier alpha value is -3.56. The Kier molecular flexibility index (Phi) is 9.99. The van der Waals surface area contributed by atoms with Crippen LogP contribution in [0.4, 0.5) is 5.69 Å². The van der Waals surface area contributed by atoms with E-state index in [0.29, 0.717) is 22.0 Å². The summed E-state index contributed by atoms with van der Waals surface area (Å²) in [4.78, 5) is 28.3. The van der Waals surface area contributed by atoms with Crippen LogP contribution in [0.25, 0.3) is 0 Å². The maximum atomic E-state index is 13.9. The number of ether oxygens (including phenoxy) is 1. The molecule has 0 fully saturated rings. The van der Waals surface area contributed by atoms with Crippen molar-refractivity contribution in [2.45, 2.75) is 51.2 Å². The normalized spacial score (nSPS) is 12.1. The summed E-state index contributed by atoms with van der Waals surface area (Å²) in [7, 11) is -2.60. The number of methoxy groups -OCH3 is 1. The number of amides is 2. The van der Waals surface area contributed by atoms with Gasteiger partial charge in [-0.25, -0.2) is 8.42 Å².